The molecule has 0 N–H and O–H groups in total. The van der Waals surface area contributed by atoms with Crippen LogP contribution in [-0.2, 0) is 5.41 Å². The van der Waals surface area contributed by atoms with E-state index in [-0.39, 0.29) is 5.41 Å². The summed E-state index contributed by atoms with van der Waals surface area (Å²) in [5.74, 6) is 0. The first-order valence-corrected chi connectivity index (χ1v) is 9.83. The maximum absolute atomic E-state index is 2.61. The lowest BCUT2D eigenvalue weighted by atomic mass is 9.86. The molecule has 0 radical (unpaired) electrons. The predicted molar refractivity (Wildman–Crippen MR) is 110 cm³/mol. The molecule has 0 saturated heterocycles. The number of benzene rings is 2. The molecule has 1 heteroatoms. The Morgan fingerprint density at radius 2 is 1.48 bits per heavy atom. The van der Waals surface area contributed by atoms with Gasteiger partial charge in [0.25, 0.3) is 0 Å². The molecule has 0 heterocycles. The lowest BCUT2D eigenvalue weighted by Gasteiger charge is -2.37. The van der Waals surface area contributed by atoms with Crippen molar-refractivity contribution in [2.45, 2.75) is 78.2 Å². The Morgan fingerprint density at radius 1 is 0.840 bits per heavy atom. The minimum atomic E-state index is 0.202. The molecule has 2 aromatic carbocycles. The minimum absolute atomic E-state index is 0.202. The Hall–Kier alpha value is -1.76. The molecule has 0 bridgehead atoms. The van der Waals surface area contributed by atoms with Crippen molar-refractivity contribution in [3.63, 3.8) is 0 Å². The van der Waals surface area contributed by atoms with Gasteiger partial charge in [-0.2, -0.15) is 0 Å². The van der Waals surface area contributed by atoms with Gasteiger partial charge in [-0.05, 0) is 61.4 Å². The Balaban J connectivity index is 2.01. The van der Waals surface area contributed by atoms with Gasteiger partial charge >= 0.3 is 0 Å². The molecular formula is C24H33N. The SMILES string of the molecule is Cc1ccc(N(c2ccc(C(C)(C)C)cc2)C2CCCCC2)c(C)c1. The molecule has 1 aliphatic rings. The highest BCUT2D eigenvalue weighted by Gasteiger charge is 2.24. The van der Waals surface area contributed by atoms with Gasteiger partial charge in [0.2, 0.25) is 0 Å². The fourth-order valence-electron chi connectivity index (χ4n) is 4.08. The van der Waals surface area contributed by atoms with Crippen LogP contribution in [0.4, 0.5) is 11.4 Å². The average molecular weight is 336 g/mol. The third kappa shape index (κ3) is 4.08. The van der Waals surface area contributed by atoms with Gasteiger partial charge in [-0.15, -0.1) is 0 Å². The molecule has 0 aliphatic heterocycles. The van der Waals surface area contributed by atoms with Crippen LogP contribution < -0.4 is 4.90 Å². The second-order valence-corrected chi connectivity index (χ2v) is 8.75. The Labute approximate surface area is 154 Å². The van der Waals surface area contributed by atoms with Gasteiger partial charge in [0.15, 0.2) is 0 Å². The number of hydrogen-bond donors (Lipinski definition) is 0. The van der Waals surface area contributed by atoms with Crippen molar-refractivity contribution < 1.29 is 0 Å². The van der Waals surface area contributed by atoms with Gasteiger partial charge in [-0.3, -0.25) is 0 Å². The summed E-state index contributed by atoms with van der Waals surface area (Å²) in [6.45, 7) is 11.3. The van der Waals surface area contributed by atoms with Crippen molar-refractivity contribution in [3.8, 4) is 0 Å². The van der Waals surface area contributed by atoms with Gasteiger partial charge in [0, 0.05) is 17.4 Å². The maximum atomic E-state index is 2.61. The van der Waals surface area contributed by atoms with Crippen molar-refractivity contribution in [2.75, 3.05) is 4.90 Å². The molecule has 1 aliphatic carbocycles. The van der Waals surface area contributed by atoms with Crippen LogP contribution in [0.25, 0.3) is 0 Å². The monoisotopic (exact) mass is 335 g/mol. The standard InChI is InChI=1S/C24H33N/c1-18-11-16-23(19(2)17-18)25(21-9-7-6-8-10-21)22-14-12-20(13-15-22)24(3,4)5/h11-17,21H,6-10H2,1-5H3. The largest absolute Gasteiger partial charge is 0.338 e. The summed E-state index contributed by atoms with van der Waals surface area (Å²) in [5.41, 5.74) is 7.04. The summed E-state index contributed by atoms with van der Waals surface area (Å²) in [6.07, 6.45) is 6.70. The molecule has 1 nitrogen and oxygen atoms in total. The van der Waals surface area contributed by atoms with Crippen LogP contribution in [-0.4, -0.2) is 6.04 Å². The van der Waals surface area contributed by atoms with Gasteiger partial charge in [-0.25, -0.2) is 0 Å². The molecule has 2 aromatic rings. The van der Waals surface area contributed by atoms with E-state index >= 15 is 0 Å². The normalized spacial score (nSPS) is 16.0. The summed E-state index contributed by atoms with van der Waals surface area (Å²) < 4.78 is 0. The first-order chi connectivity index (χ1) is 11.9. The highest BCUT2D eigenvalue weighted by molar-refractivity contribution is 5.68. The molecule has 1 fully saturated rings. The third-order valence-corrected chi connectivity index (χ3v) is 5.56. The quantitative estimate of drug-likeness (QED) is 0.579. The average Bonchev–Trinajstić information content (AvgIpc) is 2.58. The van der Waals surface area contributed by atoms with Gasteiger partial charge < -0.3 is 4.90 Å². The van der Waals surface area contributed by atoms with Crippen LogP contribution in [0.15, 0.2) is 42.5 Å². The summed E-state index contributed by atoms with van der Waals surface area (Å²) in [7, 11) is 0. The summed E-state index contributed by atoms with van der Waals surface area (Å²) in [5, 5.41) is 0. The second kappa shape index (κ2) is 7.23. The zero-order chi connectivity index (χ0) is 18.0. The van der Waals surface area contributed by atoms with Crippen LogP contribution in [0, 0.1) is 13.8 Å². The van der Waals surface area contributed by atoms with Crippen LogP contribution in [0.3, 0.4) is 0 Å². The van der Waals surface area contributed by atoms with E-state index in [1.807, 2.05) is 0 Å². The summed E-state index contributed by atoms with van der Waals surface area (Å²) >= 11 is 0. The Kier molecular flexibility index (Phi) is 5.22. The van der Waals surface area contributed by atoms with E-state index in [0.29, 0.717) is 6.04 Å². The number of nitrogens with zero attached hydrogens (tertiary/aromatic N) is 1. The smallest absolute Gasteiger partial charge is 0.0443 e. The van der Waals surface area contributed by atoms with Crippen molar-refractivity contribution >= 4 is 11.4 Å². The first-order valence-electron chi connectivity index (χ1n) is 9.83. The van der Waals surface area contributed by atoms with E-state index < -0.39 is 0 Å². The van der Waals surface area contributed by atoms with Gasteiger partial charge in [0.1, 0.15) is 0 Å². The Bertz CT molecular complexity index is 700. The van der Waals surface area contributed by atoms with E-state index in [0.717, 1.165) is 0 Å². The second-order valence-electron chi connectivity index (χ2n) is 8.75. The minimum Gasteiger partial charge on any atom is -0.338 e. The van der Waals surface area contributed by atoms with Crippen LogP contribution in [0.1, 0.15) is 69.6 Å². The van der Waals surface area contributed by atoms with E-state index in [2.05, 4.69) is 82.0 Å². The zero-order valence-corrected chi connectivity index (χ0v) is 16.6. The van der Waals surface area contributed by atoms with Crippen molar-refractivity contribution in [1.29, 1.82) is 0 Å². The molecule has 1 saturated carbocycles. The van der Waals surface area contributed by atoms with E-state index in [9.17, 15) is 0 Å². The molecule has 0 atom stereocenters. The predicted octanol–water partition coefficient (Wildman–Crippen LogP) is 7.07. The van der Waals surface area contributed by atoms with Crippen molar-refractivity contribution in [2.24, 2.45) is 0 Å². The zero-order valence-electron chi connectivity index (χ0n) is 16.6. The molecule has 0 amide bonds. The van der Waals surface area contributed by atoms with E-state index in [4.69, 9.17) is 0 Å². The third-order valence-electron chi connectivity index (χ3n) is 5.56. The lowest BCUT2D eigenvalue weighted by molar-refractivity contribution is 0.435. The maximum Gasteiger partial charge on any atom is 0.0443 e. The molecule has 3 rings (SSSR count). The molecule has 25 heavy (non-hydrogen) atoms. The van der Waals surface area contributed by atoms with Gasteiger partial charge in [-0.1, -0.05) is 69.9 Å². The Morgan fingerprint density at radius 3 is 2.04 bits per heavy atom. The topological polar surface area (TPSA) is 3.24 Å². The number of hydrogen-bond acceptors (Lipinski definition) is 1. The highest BCUT2D eigenvalue weighted by Crippen LogP contribution is 2.37. The first kappa shape index (κ1) is 18.0. The summed E-state index contributed by atoms with van der Waals surface area (Å²) in [4.78, 5) is 2.61. The summed E-state index contributed by atoms with van der Waals surface area (Å²) in [6, 6.07) is 16.8. The van der Waals surface area contributed by atoms with Crippen LogP contribution in [0.2, 0.25) is 0 Å². The van der Waals surface area contributed by atoms with Crippen LogP contribution in [0.5, 0.6) is 0 Å². The molecular weight excluding hydrogens is 302 g/mol. The van der Waals surface area contributed by atoms with Crippen molar-refractivity contribution in [1.82, 2.24) is 0 Å². The number of anilines is 2. The molecule has 0 spiro atoms. The fraction of sp³-hybridized carbons (Fsp3) is 0.500. The van der Waals surface area contributed by atoms with E-state index in [1.54, 1.807) is 0 Å². The van der Waals surface area contributed by atoms with Gasteiger partial charge in [0.05, 0.1) is 0 Å². The van der Waals surface area contributed by atoms with E-state index in [1.165, 1.54) is 60.2 Å². The molecule has 134 valence electrons. The fourth-order valence-corrected chi connectivity index (χ4v) is 4.08. The van der Waals surface area contributed by atoms with Crippen molar-refractivity contribution in [3.05, 3.63) is 59.2 Å². The number of aryl methyl sites for hydroxylation is 2. The highest BCUT2D eigenvalue weighted by atomic mass is 15.2. The van der Waals surface area contributed by atoms with Crippen LogP contribution >= 0.6 is 0 Å². The molecule has 0 aromatic heterocycles. The molecule has 0 unspecified atom stereocenters. The lowest BCUT2D eigenvalue weighted by Crippen LogP contribution is -2.33. The number of rotatable bonds is 3.